The molecule has 1 aliphatic rings. The smallest absolute Gasteiger partial charge is 0.255 e. The van der Waals surface area contributed by atoms with Crippen LogP contribution in [0.3, 0.4) is 0 Å². The normalized spacial score (nSPS) is 16.1. The quantitative estimate of drug-likeness (QED) is 0.556. The van der Waals surface area contributed by atoms with E-state index in [2.05, 4.69) is 30.6 Å². The minimum absolute atomic E-state index is 0.0411. The molecule has 0 unspecified atom stereocenters. The largest absolute Gasteiger partial charge is 0.338 e. The number of nitrogens with zero attached hydrogens (tertiary/aromatic N) is 7. The van der Waals surface area contributed by atoms with Crippen LogP contribution in [0.2, 0.25) is 0 Å². The van der Waals surface area contributed by atoms with E-state index < -0.39 is 5.92 Å². The molecule has 5 heterocycles. The number of hydrogen-bond acceptors (Lipinski definition) is 6. The molecule has 1 N–H and O–H groups in total. The second-order valence-electron chi connectivity index (χ2n) is 7.14. The summed E-state index contributed by atoms with van der Waals surface area (Å²) in [5.41, 5.74) is 2.46. The summed E-state index contributed by atoms with van der Waals surface area (Å²) >= 11 is 0. The van der Waals surface area contributed by atoms with Gasteiger partial charge in [-0.2, -0.15) is 5.21 Å². The van der Waals surface area contributed by atoms with E-state index in [1.807, 2.05) is 22.9 Å². The van der Waals surface area contributed by atoms with Crippen LogP contribution in [0.4, 0.5) is 8.78 Å². The van der Waals surface area contributed by atoms with Crippen molar-refractivity contribution in [1.82, 2.24) is 40.1 Å². The Labute approximate surface area is 168 Å². The third kappa shape index (κ3) is 3.27. The zero-order chi connectivity index (χ0) is 20.7. The lowest BCUT2D eigenvalue weighted by atomic mass is 10.1. The average molecular weight is 410 g/mol. The number of H-pyrrole nitrogens is 1. The van der Waals surface area contributed by atoms with E-state index in [1.54, 1.807) is 18.5 Å². The molecule has 0 spiro atoms. The summed E-state index contributed by atoms with van der Waals surface area (Å²) in [6, 6.07) is 5.42. The lowest BCUT2D eigenvalue weighted by molar-refractivity contribution is -0.0494. The van der Waals surface area contributed by atoms with Gasteiger partial charge in [-0.3, -0.25) is 14.3 Å². The van der Waals surface area contributed by atoms with Crippen molar-refractivity contribution in [3.8, 4) is 17.1 Å². The van der Waals surface area contributed by atoms with Crippen molar-refractivity contribution in [2.75, 3.05) is 13.1 Å². The first-order valence-electron chi connectivity index (χ1n) is 9.34. The fourth-order valence-corrected chi connectivity index (χ4v) is 3.53. The summed E-state index contributed by atoms with van der Waals surface area (Å²) < 4.78 is 28.6. The Hall–Kier alpha value is -3.76. The summed E-state index contributed by atoms with van der Waals surface area (Å²) in [7, 11) is 0. The minimum Gasteiger partial charge on any atom is -0.338 e. The van der Waals surface area contributed by atoms with Crippen molar-refractivity contribution in [1.29, 1.82) is 0 Å². The summed E-state index contributed by atoms with van der Waals surface area (Å²) in [5.74, 6) is -2.55. The van der Waals surface area contributed by atoms with Crippen molar-refractivity contribution in [3.63, 3.8) is 0 Å². The van der Waals surface area contributed by atoms with E-state index >= 15 is 0 Å². The van der Waals surface area contributed by atoms with Crippen LogP contribution < -0.4 is 0 Å². The summed E-state index contributed by atoms with van der Waals surface area (Å²) in [6.45, 7) is 0.0822. The van der Waals surface area contributed by atoms with Gasteiger partial charge in [-0.05, 0) is 23.4 Å². The van der Waals surface area contributed by atoms with Crippen LogP contribution in [-0.4, -0.2) is 65.0 Å². The number of fused-ring (bicyclic) bond motifs is 1. The highest BCUT2D eigenvalue weighted by Crippen LogP contribution is 2.29. The van der Waals surface area contributed by atoms with Gasteiger partial charge in [-0.1, -0.05) is 0 Å². The van der Waals surface area contributed by atoms with E-state index in [0.29, 0.717) is 22.6 Å². The van der Waals surface area contributed by atoms with Crippen molar-refractivity contribution in [2.45, 2.75) is 18.8 Å². The van der Waals surface area contributed by atoms with E-state index in [1.165, 1.54) is 11.1 Å². The molecule has 152 valence electrons. The Morgan fingerprint density at radius 2 is 1.97 bits per heavy atom. The third-order valence-corrected chi connectivity index (χ3v) is 5.16. The number of carbonyl (C=O) groups is 1. The predicted molar refractivity (Wildman–Crippen MR) is 102 cm³/mol. The Morgan fingerprint density at radius 1 is 1.13 bits per heavy atom. The fourth-order valence-electron chi connectivity index (χ4n) is 3.53. The molecular weight excluding hydrogens is 394 g/mol. The standard InChI is InChI=1S/C19H16F2N8O/c20-19(21)2-5-28(6-3-19)18(30)14-7-12-1-4-29(17(12)23-10-14)15-8-13(9-22-11-15)16-24-26-27-25-16/h1,4,7-11H,2-3,5-6H2,(H,24,25,26,27). The summed E-state index contributed by atoms with van der Waals surface area (Å²) in [6.07, 6.45) is 5.99. The number of alkyl halides is 2. The SMILES string of the molecule is O=C(c1cnc2c(ccn2-c2cncc(-c3nn[nH]n3)c2)c1)N1CCC(F)(F)CC1. The van der Waals surface area contributed by atoms with Crippen LogP contribution in [0.25, 0.3) is 28.1 Å². The second-order valence-corrected chi connectivity index (χ2v) is 7.14. The maximum atomic E-state index is 13.4. The molecular formula is C19H16F2N8O. The molecule has 30 heavy (non-hydrogen) atoms. The van der Waals surface area contributed by atoms with Crippen LogP contribution in [0, 0.1) is 0 Å². The van der Waals surface area contributed by atoms with Gasteiger partial charge in [-0.15, -0.1) is 10.2 Å². The predicted octanol–water partition coefficient (Wildman–Crippen LogP) is 2.47. The van der Waals surface area contributed by atoms with Crippen LogP contribution in [0.1, 0.15) is 23.2 Å². The van der Waals surface area contributed by atoms with Gasteiger partial charge in [0.15, 0.2) is 0 Å². The van der Waals surface area contributed by atoms with Crippen LogP contribution in [0.15, 0.2) is 43.0 Å². The van der Waals surface area contributed by atoms with E-state index in [9.17, 15) is 13.6 Å². The number of amides is 1. The monoisotopic (exact) mass is 410 g/mol. The number of piperidine rings is 1. The maximum absolute atomic E-state index is 13.4. The van der Waals surface area contributed by atoms with Gasteiger partial charge in [0.25, 0.3) is 11.8 Å². The van der Waals surface area contributed by atoms with Gasteiger partial charge >= 0.3 is 0 Å². The van der Waals surface area contributed by atoms with E-state index in [-0.39, 0.29) is 31.8 Å². The summed E-state index contributed by atoms with van der Waals surface area (Å²) in [5, 5.41) is 14.6. The number of hydrogen-bond donors (Lipinski definition) is 1. The molecule has 0 saturated carbocycles. The molecule has 11 heteroatoms. The van der Waals surface area contributed by atoms with E-state index in [4.69, 9.17) is 0 Å². The molecule has 5 rings (SSSR count). The molecule has 4 aromatic rings. The highest BCUT2D eigenvalue weighted by Gasteiger charge is 2.35. The van der Waals surface area contributed by atoms with E-state index in [0.717, 1.165) is 11.1 Å². The molecule has 9 nitrogen and oxygen atoms in total. The second kappa shape index (κ2) is 6.94. The van der Waals surface area contributed by atoms with Gasteiger partial charge < -0.3 is 4.90 Å². The molecule has 4 aromatic heterocycles. The molecule has 0 bridgehead atoms. The zero-order valence-corrected chi connectivity index (χ0v) is 15.7. The third-order valence-electron chi connectivity index (χ3n) is 5.16. The summed E-state index contributed by atoms with van der Waals surface area (Å²) in [4.78, 5) is 22.8. The fraction of sp³-hybridized carbons (Fsp3) is 0.263. The number of tetrazole rings is 1. The minimum atomic E-state index is -2.69. The Balaban J connectivity index is 1.44. The highest BCUT2D eigenvalue weighted by atomic mass is 19.3. The number of pyridine rings is 2. The number of halogens is 2. The number of nitrogens with one attached hydrogen (secondary N) is 1. The first-order chi connectivity index (χ1) is 14.5. The highest BCUT2D eigenvalue weighted by molar-refractivity contribution is 5.97. The molecule has 1 amide bonds. The molecule has 1 saturated heterocycles. The first-order valence-corrected chi connectivity index (χ1v) is 9.34. The van der Waals surface area contributed by atoms with Gasteiger partial charge in [0.2, 0.25) is 5.82 Å². The van der Waals surface area contributed by atoms with Gasteiger partial charge in [0.05, 0.1) is 17.4 Å². The number of aromatic amines is 1. The number of rotatable bonds is 3. The van der Waals surface area contributed by atoms with Crippen molar-refractivity contribution in [2.24, 2.45) is 0 Å². The number of aromatic nitrogens is 7. The molecule has 0 aromatic carbocycles. The molecule has 1 aliphatic heterocycles. The average Bonchev–Trinajstić information content (AvgIpc) is 3.43. The van der Waals surface area contributed by atoms with Crippen LogP contribution in [-0.2, 0) is 0 Å². The van der Waals surface area contributed by atoms with Crippen molar-refractivity contribution >= 4 is 16.9 Å². The number of likely N-dealkylation sites (tertiary alicyclic amines) is 1. The molecule has 0 aliphatic carbocycles. The molecule has 1 fully saturated rings. The first kappa shape index (κ1) is 18.3. The van der Waals surface area contributed by atoms with Gasteiger partial charge in [0.1, 0.15) is 5.65 Å². The lowest BCUT2D eigenvalue weighted by Gasteiger charge is -2.31. The van der Waals surface area contributed by atoms with Crippen LogP contribution in [0.5, 0.6) is 0 Å². The number of carbonyl (C=O) groups excluding carboxylic acids is 1. The van der Waals surface area contributed by atoms with Crippen molar-refractivity contribution < 1.29 is 13.6 Å². The van der Waals surface area contributed by atoms with Crippen molar-refractivity contribution in [3.05, 3.63) is 48.5 Å². The van der Waals surface area contributed by atoms with Gasteiger partial charge in [-0.25, -0.2) is 13.8 Å². The molecule has 0 radical (unpaired) electrons. The topological polar surface area (TPSA) is 105 Å². The Bertz CT molecular complexity index is 1210. The zero-order valence-electron chi connectivity index (χ0n) is 15.7. The Kier molecular flexibility index (Phi) is 4.23. The lowest BCUT2D eigenvalue weighted by Crippen LogP contribution is -2.42. The van der Waals surface area contributed by atoms with Gasteiger partial charge in [0, 0.05) is 55.5 Å². The maximum Gasteiger partial charge on any atom is 0.255 e. The molecule has 0 atom stereocenters. The Morgan fingerprint density at radius 3 is 2.73 bits per heavy atom. The van der Waals surface area contributed by atoms with Crippen LogP contribution >= 0.6 is 0 Å².